The van der Waals surface area contributed by atoms with Crippen molar-refractivity contribution in [3.05, 3.63) is 29.6 Å². The van der Waals surface area contributed by atoms with E-state index in [1.54, 1.807) is 0 Å². The summed E-state index contributed by atoms with van der Waals surface area (Å²) >= 11 is 0. The van der Waals surface area contributed by atoms with Crippen LogP contribution in [0.1, 0.15) is 30.9 Å². The van der Waals surface area contributed by atoms with Crippen molar-refractivity contribution in [2.75, 3.05) is 13.1 Å². The minimum Gasteiger partial charge on any atom is -0.330 e. The van der Waals surface area contributed by atoms with Gasteiger partial charge in [0, 0.05) is 31.5 Å². The van der Waals surface area contributed by atoms with Crippen molar-refractivity contribution in [2.45, 2.75) is 39.3 Å². The van der Waals surface area contributed by atoms with E-state index in [1.807, 2.05) is 12.4 Å². The van der Waals surface area contributed by atoms with Crippen LogP contribution >= 0.6 is 0 Å². The zero-order valence-electron chi connectivity index (χ0n) is 10.9. The van der Waals surface area contributed by atoms with Crippen molar-refractivity contribution in [2.24, 2.45) is 11.7 Å². The van der Waals surface area contributed by atoms with Gasteiger partial charge in [-0.25, -0.2) is 0 Å². The van der Waals surface area contributed by atoms with E-state index in [1.165, 1.54) is 24.0 Å². The highest BCUT2D eigenvalue weighted by molar-refractivity contribution is 5.16. The van der Waals surface area contributed by atoms with E-state index in [4.69, 9.17) is 5.73 Å². The Morgan fingerprint density at radius 3 is 2.94 bits per heavy atom. The summed E-state index contributed by atoms with van der Waals surface area (Å²) in [6.45, 7) is 7.36. The van der Waals surface area contributed by atoms with Gasteiger partial charge in [0.1, 0.15) is 0 Å². The first kappa shape index (κ1) is 12.5. The molecule has 0 aromatic carbocycles. The molecule has 1 fully saturated rings. The van der Waals surface area contributed by atoms with Crippen LogP contribution < -0.4 is 5.73 Å². The summed E-state index contributed by atoms with van der Waals surface area (Å²) in [5.74, 6) is 0.670. The van der Waals surface area contributed by atoms with Gasteiger partial charge in [-0.15, -0.1) is 0 Å². The number of hydrogen-bond acceptors (Lipinski definition) is 3. The average molecular weight is 233 g/mol. The molecule has 0 saturated carbocycles. The second kappa shape index (κ2) is 5.61. The predicted molar refractivity (Wildman–Crippen MR) is 70.6 cm³/mol. The first-order valence-corrected chi connectivity index (χ1v) is 6.53. The van der Waals surface area contributed by atoms with Crippen LogP contribution in [0.15, 0.2) is 18.5 Å². The van der Waals surface area contributed by atoms with Gasteiger partial charge in [-0.3, -0.25) is 9.88 Å². The number of nitrogens with two attached hydrogens (primary N) is 1. The van der Waals surface area contributed by atoms with Gasteiger partial charge in [-0.1, -0.05) is 6.07 Å². The molecule has 2 N–H and O–H groups in total. The molecule has 1 aromatic rings. The molecule has 1 aliphatic heterocycles. The summed E-state index contributed by atoms with van der Waals surface area (Å²) in [5, 5.41) is 0. The normalized spacial score (nSPS) is 26.1. The number of nitrogens with zero attached hydrogens (tertiary/aromatic N) is 2. The van der Waals surface area contributed by atoms with E-state index in [2.05, 4.69) is 29.8 Å². The van der Waals surface area contributed by atoms with E-state index in [0.717, 1.165) is 19.6 Å². The van der Waals surface area contributed by atoms with Crippen molar-refractivity contribution in [3.8, 4) is 0 Å². The molecule has 1 aromatic heterocycles. The van der Waals surface area contributed by atoms with Crippen LogP contribution in [0.5, 0.6) is 0 Å². The lowest BCUT2D eigenvalue weighted by atomic mass is 9.93. The smallest absolute Gasteiger partial charge is 0.0313 e. The predicted octanol–water partition coefficient (Wildman–Crippen LogP) is 1.95. The Morgan fingerprint density at radius 1 is 1.41 bits per heavy atom. The number of aromatic nitrogens is 1. The number of hydrogen-bond donors (Lipinski definition) is 1. The molecule has 0 bridgehead atoms. The topological polar surface area (TPSA) is 42.2 Å². The van der Waals surface area contributed by atoms with E-state index in [0.29, 0.717) is 12.0 Å². The fourth-order valence-electron chi connectivity index (χ4n) is 2.61. The molecule has 2 rings (SSSR count). The number of aryl methyl sites for hydroxylation is 1. The van der Waals surface area contributed by atoms with Crippen molar-refractivity contribution in [1.82, 2.24) is 9.88 Å². The Balaban J connectivity index is 2.01. The highest BCUT2D eigenvalue weighted by Gasteiger charge is 2.24. The van der Waals surface area contributed by atoms with E-state index in [-0.39, 0.29) is 0 Å². The Kier molecular flexibility index (Phi) is 4.13. The van der Waals surface area contributed by atoms with Gasteiger partial charge in [0.25, 0.3) is 0 Å². The number of piperidine rings is 1. The van der Waals surface area contributed by atoms with Gasteiger partial charge >= 0.3 is 0 Å². The maximum atomic E-state index is 5.79. The molecule has 2 unspecified atom stereocenters. The molecule has 2 heterocycles. The third-order valence-electron chi connectivity index (χ3n) is 3.76. The quantitative estimate of drug-likeness (QED) is 0.867. The van der Waals surface area contributed by atoms with Crippen LogP contribution in [0.3, 0.4) is 0 Å². The fourth-order valence-corrected chi connectivity index (χ4v) is 2.61. The third-order valence-corrected chi connectivity index (χ3v) is 3.76. The van der Waals surface area contributed by atoms with Gasteiger partial charge in [0.15, 0.2) is 0 Å². The zero-order chi connectivity index (χ0) is 12.3. The van der Waals surface area contributed by atoms with Gasteiger partial charge in [-0.05, 0) is 50.3 Å². The second-order valence-corrected chi connectivity index (χ2v) is 5.33. The van der Waals surface area contributed by atoms with Crippen LogP contribution in [0.2, 0.25) is 0 Å². The summed E-state index contributed by atoms with van der Waals surface area (Å²) in [5.41, 5.74) is 8.34. The highest BCUT2D eigenvalue weighted by atomic mass is 15.2. The Hall–Kier alpha value is -0.930. The van der Waals surface area contributed by atoms with Crippen LogP contribution in [-0.2, 0) is 6.54 Å². The van der Waals surface area contributed by atoms with Crippen LogP contribution in [0.4, 0.5) is 0 Å². The minimum atomic E-state index is 0.665. The number of likely N-dealkylation sites (tertiary alicyclic amines) is 1. The molecule has 17 heavy (non-hydrogen) atoms. The molecule has 3 heteroatoms. The molecule has 94 valence electrons. The fraction of sp³-hybridized carbons (Fsp3) is 0.643. The molecule has 3 nitrogen and oxygen atoms in total. The lowest BCUT2D eigenvalue weighted by Gasteiger charge is -2.37. The maximum Gasteiger partial charge on any atom is 0.0313 e. The third kappa shape index (κ3) is 3.27. The maximum absolute atomic E-state index is 5.79. The van der Waals surface area contributed by atoms with Crippen molar-refractivity contribution in [1.29, 1.82) is 0 Å². The minimum absolute atomic E-state index is 0.665. The molecule has 1 aliphatic rings. The first-order valence-electron chi connectivity index (χ1n) is 6.53. The van der Waals surface area contributed by atoms with Crippen molar-refractivity contribution >= 4 is 0 Å². The lowest BCUT2D eigenvalue weighted by Crippen LogP contribution is -2.43. The highest BCUT2D eigenvalue weighted by Crippen LogP contribution is 2.22. The second-order valence-electron chi connectivity index (χ2n) is 5.33. The summed E-state index contributed by atoms with van der Waals surface area (Å²) < 4.78 is 0. The molecular weight excluding hydrogens is 210 g/mol. The molecule has 0 amide bonds. The Morgan fingerprint density at radius 2 is 2.24 bits per heavy atom. The summed E-state index contributed by atoms with van der Waals surface area (Å²) in [6, 6.07) is 2.89. The Labute approximate surface area is 104 Å². The lowest BCUT2D eigenvalue weighted by molar-refractivity contribution is 0.113. The van der Waals surface area contributed by atoms with E-state index >= 15 is 0 Å². The summed E-state index contributed by atoms with van der Waals surface area (Å²) in [6.07, 6.45) is 6.43. The number of rotatable bonds is 3. The van der Waals surface area contributed by atoms with E-state index < -0.39 is 0 Å². The van der Waals surface area contributed by atoms with Crippen molar-refractivity contribution in [3.63, 3.8) is 0 Å². The zero-order valence-corrected chi connectivity index (χ0v) is 10.9. The molecular formula is C14H23N3. The average Bonchev–Trinajstić information content (AvgIpc) is 2.32. The SMILES string of the molecule is Cc1cncc(CN2CC(CN)CCC2C)c1. The van der Waals surface area contributed by atoms with Crippen molar-refractivity contribution < 1.29 is 0 Å². The molecule has 1 saturated heterocycles. The van der Waals surface area contributed by atoms with Gasteiger partial charge in [-0.2, -0.15) is 0 Å². The monoisotopic (exact) mass is 233 g/mol. The Bertz CT molecular complexity index is 364. The first-order chi connectivity index (χ1) is 8.19. The standard InChI is InChI=1S/C14H23N3/c1-11-5-14(8-16-7-11)10-17-9-13(6-15)4-3-12(17)2/h5,7-8,12-13H,3-4,6,9-10,15H2,1-2H3. The largest absolute Gasteiger partial charge is 0.330 e. The van der Waals surface area contributed by atoms with Crippen LogP contribution in [0, 0.1) is 12.8 Å². The number of pyridine rings is 1. The summed E-state index contributed by atoms with van der Waals surface area (Å²) in [7, 11) is 0. The molecule has 0 radical (unpaired) electrons. The van der Waals surface area contributed by atoms with Crippen LogP contribution in [0.25, 0.3) is 0 Å². The molecule has 2 atom stereocenters. The van der Waals surface area contributed by atoms with E-state index in [9.17, 15) is 0 Å². The summed E-state index contributed by atoms with van der Waals surface area (Å²) in [4.78, 5) is 6.80. The van der Waals surface area contributed by atoms with Gasteiger partial charge in [0.2, 0.25) is 0 Å². The van der Waals surface area contributed by atoms with Gasteiger partial charge < -0.3 is 5.73 Å². The van der Waals surface area contributed by atoms with Crippen LogP contribution in [-0.4, -0.2) is 29.0 Å². The molecule has 0 aliphatic carbocycles. The van der Waals surface area contributed by atoms with Gasteiger partial charge in [0.05, 0.1) is 0 Å². The molecule has 0 spiro atoms.